The van der Waals surface area contributed by atoms with Crippen molar-refractivity contribution in [3.05, 3.63) is 22.3 Å². The molecule has 1 aliphatic heterocycles. The van der Waals surface area contributed by atoms with Crippen molar-refractivity contribution >= 4 is 29.5 Å². The molecule has 0 saturated carbocycles. The van der Waals surface area contributed by atoms with Gasteiger partial charge in [0, 0.05) is 13.2 Å². The van der Waals surface area contributed by atoms with Crippen LogP contribution in [-0.2, 0) is 16.1 Å². The van der Waals surface area contributed by atoms with Crippen molar-refractivity contribution in [3.8, 4) is 10.7 Å². The number of rotatable bonds is 5. The van der Waals surface area contributed by atoms with E-state index < -0.39 is 0 Å². The van der Waals surface area contributed by atoms with E-state index >= 15 is 0 Å². The second-order valence-corrected chi connectivity index (χ2v) is 6.64. The number of nitrogens with one attached hydrogen (secondary N) is 2. The molecule has 22 heavy (non-hydrogen) atoms. The van der Waals surface area contributed by atoms with E-state index in [4.69, 9.17) is 17.0 Å². The normalized spacial score (nSPS) is 18.3. The minimum absolute atomic E-state index is 0.0547. The number of hydrogen-bond donors (Lipinski definition) is 2. The van der Waals surface area contributed by atoms with Gasteiger partial charge in [-0.15, -0.1) is 11.3 Å². The molecular formula is C14H18N4O2S2. The monoisotopic (exact) mass is 338 g/mol. The zero-order valence-corrected chi connectivity index (χ0v) is 13.7. The maximum atomic E-state index is 12.2. The molecule has 0 radical (unpaired) electrons. The van der Waals surface area contributed by atoms with Crippen LogP contribution in [0.2, 0.25) is 0 Å². The summed E-state index contributed by atoms with van der Waals surface area (Å²) in [6.45, 7) is 2.39. The number of aromatic nitrogens is 3. The Labute approximate surface area is 137 Å². The van der Waals surface area contributed by atoms with Gasteiger partial charge in [0.05, 0.1) is 11.5 Å². The first-order valence-electron chi connectivity index (χ1n) is 7.27. The number of H-pyrrole nitrogens is 1. The molecule has 1 aliphatic rings. The zero-order chi connectivity index (χ0) is 15.4. The minimum Gasteiger partial charge on any atom is -0.381 e. The van der Waals surface area contributed by atoms with Crippen LogP contribution >= 0.6 is 23.6 Å². The average Bonchev–Trinajstić information content (AvgIpc) is 3.17. The number of aromatic amines is 1. The van der Waals surface area contributed by atoms with Gasteiger partial charge in [-0.05, 0) is 42.4 Å². The molecule has 2 aromatic heterocycles. The van der Waals surface area contributed by atoms with Gasteiger partial charge in [0.1, 0.15) is 6.54 Å². The fourth-order valence-electron chi connectivity index (χ4n) is 2.48. The van der Waals surface area contributed by atoms with Crippen molar-refractivity contribution in [2.24, 2.45) is 5.92 Å². The van der Waals surface area contributed by atoms with Gasteiger partial charge in [0.25, 0.3) is 0 Å². The number of carbonyl (C=O) groups is 1. The highest BCUT2D eigenvalue weighted by Gasteiger charge is 2.16. The standard InChI is InChI=1S/C14H18N4O2S2/c19-12(15-7-10-3-1-5-20-9-10)8-18-13(16-17-14(18)21)11-4-2-6-22-11/h2,4,6,10H,1,3,5,7-9H2,(H,15,19)(H,17,21)/t10-/m0/s1. The summed E-state index contributed by atoms with van der Waals surface area (Å²) in [4.78, 5) is 13.2. The first-order valence-corrected chi connectivity index (χ1v) is 8.56. The van der Waals surface area contributed by atoms with Crippen molar-refractivity contribution in [3.63, 3.8) is 0 Å². The second-order valence-electron chi connectivity index (χ2n) is 5.30. The maximum Gasteiger partial charge on any atom is 0.240 e. The highest BCUT2D eigenvalue weighted by molar-refractivity contribution is 7.71. The van der Waals surface area contributed by atoms with Crippen LogP contribution in [0.4, 0.5) is 0 Å². The molecule has 0 spiro atoms. The molecule has 1 amide bonds. The smallest absolute Gasteiger partial charge is 0.240 e. The van der Waals surface area contributed by atoms with Crippen molar-refractivity contribution in [2.45, 2.75) is 19.4 Å². The van der Waals surface area contributed by atoms with E-state index in [0.29, 0.717) is 23.1 Å². The van der Waals surface area contributed by atoms with E-state index in [2.05, 4.69) is 15.5 Å². The molecule has 2 N–H and O–H groups in total. The molecule has 0 aromatic carbocycles. The predicted molar refractivity (Wildman–Crippen MR) is 87.3 cm³/mol. The molecule has 0 aliphatic carbocycles. The fraction of sp³-hybridized carbons (Fsp3) is 0.500. The van der Waals surface area contributed by atoms with Crippen molar-refractivity contribution in [2.75, 3.05) is 19.8 Å². The van der Waals surface area contributed by atoms with Gasteiger partial charge in [-0.2, -0.15) is 5.10 Å². The van der Waals surface area contributed by atoms with Crippen molar-refractivity contribution < 1.29 is 9.53 Å². The van der Waals surface area contributed by atoms with Gasteiger partial charge in [0.2, 0.25) is 5.91 Å². The molecule has 1 saturated heterocycles. The van der Waals surface area contributed by atoms with Crippen LogP contribution in [0, 0.1) is 10.7 Å². The Morgan fingerprint density at radius 3 is 3.27 bits per heavy atom. The Balaban J connectivity index is 1.62. The van der Waals surface area contributed by atoms with E-state index in [9.17, 15) is 4.79 Å². The largest absolute Gasteiger partial charge is 0.381 e. The van der Waals surface area contributed by atoms with Gasteiger partial charge >= 0.3 is 0 Å². The third-order valence-electron chi connectivity index (χ3n) is 3.64. The Morgan fingerprint density at radius 1 is 1.64 bits per heavy atom. The van der Waals surface area contributed by atoms with Crippen LogP contribution in [0.3, 0.4) is 0 Å². The number of amides is 1. The Morgan fingerprint density at radius 2 is 2.55 bits per heavy atom. The molecule has 8 heteroatoms. The predicted octanol–water partition coefficient (Wildman–Crippen LogP) is 2.21. The van der Waals surface area contributed by atoms with E-state index in [1.165, 1.54) is 0 Å². The molecule has 2 aromatic rings. The molecule has 1 atom stereocenters. The van der Waals surface area contributed by atoms with Gasteiger partial charge in [-0.25, -0.2) is 0 Å². The molecule has 0 unspecified atom stereocenters. The Hall–Kier alpha value is -1.51. The molecule has 0 bridgehead atoms. The summed E-state index contributed by atoms with van der Waals surface area (Å²) >= 11 is 6.79. The van der Waals surface area contributed by atoms with E-state index in [1.807, 2.05) is 17.5 Å². The second kappa shape index (κ2) is 7.17. The highest BCUT2D eigenvalue weighted by Crippen LogP contribution is 2.22. The van der Waals surface area contributed by atoms with Crippen LogP contribution in [0.1, 0.15) is 12.8 Å². The van der Waals surface area contributed by atoms with Gasteiger partial charge in [0.15, 0.2) is 10.6 Å². The number of nitrogens with zero attached hydrogens (tertiary/aromatic N) is 2. The highest BCUT2D eigenvalue weighted by atomic mass is 32.1. The van der Waals surface area contributed by atoms with E-state index in [1.54, 1.807) is 15.9 Å². The number of hydrogen-bond acceptors (Lipinski definition) is 5. The number of ether oxygens (including phenoxy) is 1. The average molecular weight is 338 g/mol. The lowest BCUT2D eigenvalue weighted by Crippen LogP contribution is -2.35. The van der Waals surface area contributed by atoms with Crippen LogP contribution in [0.25, 0.3) is 10.7 Å². The summed E-state index contributed by atoms with van der Waals surface area (Å²) in [5.74, 6) is 1.06. The maximum absolute atomic E-state index is 12.2. The summed E-state index contributed by atoms with van der Waals surface area (Å²) in [5, 5.41) is 11.9. The first-order chi connectivity index (χ1) is 10.7. The molecule has 118 valence electrons. The van der Waals surface area contributed by atoms with Crippen LogP contribution in [-0.4, -0.2) is 40.4 Å². The lowest BCUT2D eigenvalue weighted by atomic mass is 10.0. The third-order valence-corrected chi connectivity index (χ3v) is 4.82. The number of thiophene rings is 1. The summed E-state index contributed by atoms with van der Waals surface area (Å²) in [6, 6.07) is 3.91. The lowest BCUT2D eigenvalue weighted by molar-refractivity contribution is -0.122. The van der Waals surface area contributed by atoms with Crippen molar-refractivity contribution in [1.82, 2.24) is 20.1 Å². The van der Waals surface area contributed by atoms with Gasteiger partial charge in [-0.3, -0.25) is 14.5 Å². The molecule has 6 nitrogen and oxygen atoms in total. The molecular weight excluding hydrogens is 320 g/mol. The third kappa shape index (κ3) is 3.63. The zero-order valence-electron chi connectivity index (χ0n) is 12.1. The summed E-state index contributed by atoms with van der Waals surface area (Å²) in [5.41, 5.74) is 0. The molecule has 1 fully saturated rings. The molecule has 3 heterocycles. The minimum atomic E-state index is -0.0547. The Bertz CT molecular complexity index is 671. The van der Waals surface area contributed by atoms with Gasteiger partial charge in [-0.1, -0.05) is 6.07 Å². The quantitative estimate of drug-likeness (QED) is 0.820. The van der Waals surface area contributed by atoms with Crippen LogP contribution in [0.5, 0.6) is 0 Å². The van der Waals surface area contributed by atoms with Crippen molar-refractivity contribution in [1.29, 1.82) is 0 Å². The lowest BCUT2D eigenvalue weighted by Gasteiger charge is -2.22. The van der Waals surface area contributed by atoms with Crippen LogP contribution < -0.4 is 5.32 Å². The summed E-state index contributed by atoms with van der Waals surface area (Å²) in [6.07, 6.45) is 2.17. The summed E-state index contributed by atoms with van der Waals surface area (Å²) < 4.78 is 7.61. The molecule has 3 rings (SSSR count). The summed E-state index contributed by atoms with van der Waals surface area (Å²) in [7, 11) is 0. The SMILES string of the molecule is O=C(Cn1c(-c2cccs2)n[nH]c1=S)NC[C@@H]1CCCOC1. The van der Waals surface area contributed by atoms with E-state index in [0.717, 1.165) is 30.9 Å². The Kier molecular flexibility index (Phi) is 5.01. The van der Waals surface area contributed by atoms with Gasteiger partial charge < -0.3 is 10.1 Å². The first kappa shape index (κ1) is 15.4. The van der Waals surface area contributed by atoms with Crippen LogP contribution in [0.15, 0.2) is 17.5 Å². The topological polar surface area (TPSA) is 71.9 Å². The van der Waals surface area contributed by atoms with E-state index in [-0.39, 0.29) is 12.5 Å². The number of carbonyl (C=O) groups excluding carboxylic acids is 1. The fourth-order valence-corrected chi connectivity index (χ4v) is 3.40.